The van der Waals surface area contributed by atoms with Crippen molar-refractivity contribution in [2.24, 2.45) is 0 Å². The molecule has 0 spiro atoms. The number of rotatable bonds is 5. The number of hydrogen-bond acceptors (Lipinski definition) is 4. The number of anilines is 1. The second-order valence-electron chi connectivity index (χ2n) is 6.86. The van der Waals surface area contributed by atoms with Gasteiger partial charge in [0.1, 0.15) is 5.65 Å². The van der Waals surface area contributed by atoms with Gasteiger partial charge >= 0.3 is 6.18 Å². The highest BCUT2D eigenvalue weighted by Gasteiger charge is 2.34. The van der Waals surface area contributed by atoms with Crippen LogP contribution in [0.1, 0.15) is 21.5 Å². The average molecular weight is 514 g/mol. The molecule has 0 aliphatic heterocycles. The molecule has 0 amide bonds. The van der Waals surface area contributed by atoms with Crippen molar-refractivity contribution in [3.05, 3.63) is 87.7 Å². The Morgan fingerprint density at radius 1 is 1.00 bits per heavy atom. The second-order valence-corrected chi connectivity index (χ2v) is 9.39. The van der Waals surface area contributed by atoms with E-state index in [0.29, 0.717) is 17.1 Å². The van der Waals surface area contributed by atoms with E-state index >= 15 is 0 Å². The van der Waals surface area contributed by atoms with Gasteiger partial charge in [0.25, 0.3) is 10.0 Å². The van der Waals surface area contributed by atoms with Gasteiger partial charge in [-0.3, -0.25) is 9.52 Å². The molecule has 170 valence electrons. The van der Waals surface area contributed by atoms with Crippen molar-refractivity contribution in [3.63, 3.8) is 0 Å². The number of fused-ring (bicyclic) bond motifs is 1. The number of alkyl halides is 3. The summed E-state index contributed by atoms with van der Waals surface area (Å²) in [7, 11) is -4.54. The van der Waals surface area contributed by atoms with Crippen molar-refractivity contribution >= 4 is 55.7 Å². The summed E-state index contributed by atoms with van der Waals surface area (Å²) in [5.41, 5.74) is -0.855. The molecule has 0 radical (unpaired) electrons. The van der Waals surface area contributed by atoms with Crippen LogP contribution in [0.4, 0.5) is 18.9 Å². The van der Waals surface area contributed by atoms with E-state index in [1.54, 1.807) is 12.3 Å². The standard InChI is InChI=1S/C21H12Cl2F3N3O3S/c22-11-1-3-15(19(30)13-5-7-27-20-14(13)6-8-28-20)18(9-11)29-33(31,32)12-2-4-17(23)16(10-12)21(24,25)26/h1-10,29H,(H,27,28). The number of benzene rings is 2. The Labute approximate surface area is 195 Å². The molecule has 12 heteroatoms. The van der Waals surface area contributed by atoms with Crippen LogP contribution in [-0.2, 0) is 16.2 Å². The highest BCUT2D eigenvalue weighted by molar-refractivity contribution is 7.92. The topological polar surface area (TPSA) is 91.9 Å². The number of nitrogens with one attached hydrogen (secondary N) is 2. The van der Waals surface area contributed by atoms with E-state index in [1.807, 2.05) is 0 Å². The zero-order valence-electron chi connectivity index (χ0n) is 16.2. The number of sulfonamides is 1. The van der Waals surface area contributed by atoms with Crippen LogP contribution < -0.4 is 4.72 Å². The maximum Gasteiger partial charge on any atom is 0.417 e. The summed E-state index contributed by atoms with van der Waals surface area (Å²) in [5, 5.41) is -0.0232. The Hall–Kier alpha value is -3.08. The van der Waals surface area contributed by atoms with E-state index < -0.39 is 37.5 Å². The van der Waals surface area contributed by atoms with Crippen molar-refractivity contribution in [2.75, 3.05) is 4.72 Å². The fraction of sp³-hybridized carbons (Fsp3) is 0.0476. The molecule has 2 aromatic carbocycles. The Balaban J connectivity index is 1.78. The fourth-order valence-corrected chi connectivity index (χ4v) is 4.69. The third-order valence-electron chi connectivity index (χ3n) is 4.73. The predicted molar refractivity (Wildman–Crippen MR) is 118 cm³/mol. The number of halogens is 5. The van der Waals surface area contributed by atoms with E-state index in [2.05, 4.69) is 14.7 Å². The molecule has 0 unspecified atom stereocenters. The zero-order valence-corrected chi connectivity index (χ0v) is 18.6. The van der Waals surface area contributed by atoms with Gasteiger partial charge in [0.15, 0.2) is 5.78 Å². The molecule has 4 rings (SSSR count). The summed E-state index contributed by atoms with van der Waals surface area (Å²) in [6, 6.07) is 9.21. The van der Waals surface area contributed by atoms with Gasteiger partial charge < -0.3 is 4.98 Å². The molecule has 0 atom stereocenters. The molecule has 0 aliphatic carbocycles. The third-order valence-corrected chi connectivity index (χ3v) is 6.66. The number of hydrogen-bond donors (Lipinski definition) is 2. The monoisotopic (exact) mass is 513 g/mol. The molecular formula is C21H12Cl2F3N3O3S. The molecule has 33 heavy (non-hydrogen) atoms. The van der Waals surface area contributed by atoms with E-state index in [-0.39, 0.29) is 21.8 Å². The summed E-state index contributed by atoms with van der Waals surface area (Å²) >= 11 is 11.6. The smallest absolute Gasteiger partial charge is 0.346 e. The van der Waals surface area contributed by atoms with Crippen LogP contribution in [0.5, 0.6) is 0 Å². The summed E-state index contributed by atoms with van der Waals surface area (Å²) in [6.07, 6.45) is -1.85. The largest absolute Gasteiger partial charge is 0.417 e. The van der Waals surface area contributed by atoms with Crippen molar-refractivity contribution in [1.29, 1.82) is 0 Å². The Bertz CT molecular complexity index is 1500. The Morgan fingerprint density at radius 2 is 1.76 bits per heavy atom. The molecule has 2 aromatic heterocycles. The van der Waals surface area contributed by atoms with Crippen molar-refractivity contribution < 1.29 is 26.4 Å². The number of ketones is 1. The van der Waals surface area contributed by atoms with Gasteiger partial charge in [0.05, 0.1) is 21.2 Å². The number of pyridine rings is 1. The quantitative estimate of drug-likeness (QED) is 0.324. The van der Waals surface area contributed by atoms with E-state index in [1.165, 1.54) is 30.5 Å². The first-order valence-corrected chi connectivity index (χ1v) is 11.4. The maximum atomic E-state index is 13.3. The van der Waals surface area contributed by atoms with E-state index in [9.17, 15) is 26.4 Å². The minimum atomic E-state index is -4.86. The van der Waals surface area contributed by atoms with Crippen molar-refractivity contribution in [3.8, 4) is 0 Å². The van der Waals surface area contributed by atoms with Crippen molar-refractivity contribution in [2.45, 2.75) is 11.1 Å². The normalized spacial score (nSPS) is 12.2. The first kappa shape index (κ1) is 23.1. The lowest BCUT2D eigenvalue weighted by molar-refractivity contribution is -0.137. The van der Waals surface area contributed by atoms with Gasteiger partial charge in [-0.15, -0.1) is 0 Å². The molecule has 0 aliphatic rings. The second kappa shape index (κ2) is 8.36. The van der Waals surface area contributed by atoms with Crippen molar-refractivity contribution in [1.82, 2.24) is 9.97 Å². The van der Waals surface area contributed by atoms with E-state index in [0.717, 1.165) is 12.1 Å². The molecule has 0 saturated heterocycles. The highest BCUT2D eigenvalue weighted by atomic mass is 35.5. The Kier molecular flexibility index (Phi) is 5.85. The average Bonchev–Trinajstić information content (AvgIpc) is 3.21. The molecule has 0 saturated carbocycles. The van der Waals surface area contributed by atoms with Crippen LogP contribution in [0.2, 0.25) is 10.0 Å². The maximum absolute atomic E-state index is 13.3. The summed E-state index contributed by atoms with van der Waals surface area (Å²) < 4.78 is 67.5. The Morgan fingerprint density at radius 3 is 2.48 bits per heavy atom. The van der Waals surface area contributed by atoms with Gasteiger partial charge in [0, 0.05) is 33.9 Å². The fourth-order valence-electron chi connectivity index (χ4n) is 3.20. The van der Waals surface area contributed by atoms with Crippen LogP contribution in [-0.4, -0.2) is 24.2 Å². The molecule has 0 fully saturated rings. The minimum absolute atomic E-state index is 0.0540. The van der Waals surface area contributed by atoms with Gasteiger partial charge in [-0.25, -0.2) is 13.4 Å². The zero-order chi connectivity index (χ0) is 24.0. The van der Waals surface area contributed by atoms with E-state index in [4.69, 9.17) is 23.2 Å². The summed E-state index contributed by atoms with van der Waals surface area (Å²) in [4.78, 5) is 19.6. The van der Waals surface area contributed by atoms with Gasteiger partial charge in [-0.05, 0) is 48.5 Å². The highest BCUT2D eigenvalue weighted by Crippen LogP contribution is 2.36. The number of carbonyl (C=O) groups excluding carboxylic acids is 1. The lowest BCUT2D eigenvalue weighted by Crippen LogP contribution is -2.17. The molecule has 4 aromatic rings. The van der Waals surface area contributed by atoms with Crippen LogP contribution in [0.25, 0.3) is 11.0 Å². The molecule has 2 N–H and O–H groups in total. The first-order chi connectivity index (χ1) is 15.5. The van der Waals surface area contributed by atoms with Gasteiger partial charge in [-0.2, -0.15) is 13.2 Å². The van der Waals surface area contributed by atoms with Crippen LogP contribution in [0.3, 0.4) is 0 Å². The number of aromatic amines is 1. The lowest BCUT2D eigenvalue weighted by atomic mass is 10.0. The lowest BCUT2D eigenvalue weighted by Gasteiger charge is -2.15. The number of H-pyrrole nitrogens is 1. The molecule has 0 bridgehead atoms. The first-order valence-electron chi connectivity index (χ1n) is 9.13. The SMILES string of the molecule is O=C(c1ccc(Cl)cc1NS(=O)(=O)c1ccc(Cl)c(C(F)(F)F)c1)c1ccnc2[nH]ccc12. The number of nitrogens with zero attached hydrogens (tertiary/aromatic N) is 1. The minimum Gasteiger partial charge on any atom is -0.346 e. The van der Waals surface area contributed by atoms with Crippen LogP contribution in [0.15, 0.2) is 65.8 Å². The molecular weight excluding hydrogens is 502 g/mol. The van der Waals surface area contributed by atoms with Gasteiger partial charge in [-0.1, -0.05) is 23.2 Å². The van der Waals surface area contributed by atoms with Crippen LogP contribution >= 0.6 is 23.2 Å². The molecule has 6 nitrogen and oxygen atoms in total. The van der Waals surface area contributed by atoms with Gasteiger partial charge in [0.2, 0.25) is 0 Å². The predicted octanol–water partition coefficient (Wildman–Crippen LogP) is 5.92. The summed E-state index contributed by atoms with van der Waals surface area (Å²) in [5.74, 6) is -0.538. The number of aromatic nitrogens is 2. The van der Waals surface area contributed by atoms with Crippen LogP contribution in [0, 0.1) is 0 Å². The third kappa shape index (κ3) is 4.54. The summed E-state index contributed by atoms with van der Waals surface area (Å²) in [6.45, 7) is 0. The number of carbonyl (C=O) groups is 1. The molecule has 2 heterocycles.